The summed E-state index contributed by atoms with van der Waals surface area (Å²) < 4.78 is 18.8. The van der Waals surface area contributed by atoms with E-state index in [0.717, 1.165) is 0 Å². The molecule has 1 rings (SSSR count). The molecule has 18 heavy (non-hydrogen) atoms. The van der Waals surface area contributed by atoms with Crippen LogP contribution in [-0.4, -0.2) is 17.7 Å². The zero-order chi connectivity index (χ0) is 13.9. The lowest BCUT2D eigenvalue weighted by Gasteiger charge is -2.19. The minimum absolute atomic E-state index is 0.153. The highest BCUT2D eigenvalue weighted by Gasteiger charge is 2.26. The largest absolute Gasteiger partial charge is 0.492 e. The maximum atomic E-state index is 13.3. The number of ether oxygens (including phenoxy) is 1. The summed E-state index contributed by atoms with van der Waals surface area (Å²) in [7, 11) is 0. The normalized spacial score (nSPS) is 11.4. The van der Waals surface area contributed by atoms with Gasteiger partial charge in [0.25, 0.3) is 0 Å². The lowest BCUT2D eigenvalue weighted by molar-refractivity contribution is -0.147. The average Bonchev–Trinajstić information content (AvgIpc) is 2.25. The van der Waals surface area contributed by atoms with Crippen molar-refractivity contribution in [2.24, 2.45) is 5.41 Å². The molecular formula is C12H13BrClFO3. The second kappa shape index (κ2) is 5.89. The Bertz CT molecular complexity index is 463. The molecular weight excluding hydrogens is 326 g/mol. The van der Waals surface area contributed by atoms with Crippen molar-refractivity contribution < 1.29 is 19.0 Å². The van der Waals surface area contributed by atoms with Gasteiger partial charge in [0.1, 0.15) is 11.6 Å². The highest BCUT2D eigenvalue weighted by molar-refractivity contribution is 9.10. The van der Waals surface area contributed by atoms with E-state index >= 15 is 0 Å². The number of carboxylic acids is 1. The first-order valence-electron chi connectivity index (χ1n) is 5.25. The number of halogens is 3. The molecule has 0 amide bonds. The average molecular weight is 340 g/mol. The van der Waals surface area contributed by atoms with Crippen molar-refractivity contribution in [2.75, 3.05) is 6.61 Å². The summed E-state index contributed by atoms with van der Waals surface area (Å²) in [4.78, 5) is 10.9. The van der Waals surface area contributed by atoms with Crippen LogP contribution >= 0.6 is 27.5 Å². The van der Waals surface area contributed by atoms with Crippen LogP contribution in [-0.2, 0) is 4.79 Å². The summed E-state index contributed by atoms with van der Waals surface area (Å²) in [6, 6.07) is 2.56. The molecule has 1 aromatic carbocycles. The van der Waals surface area contributed by atoms with Crippen LogP contribution in [0.5, 0.6) is 5.75 Å². The SMILES string of the molecule is CC(C)(CCOc1cc(F)c(Br)cc1Cl)C(=O)O. The highest BCUT2D eigenvalue weighted by atomic mass is 79.9. The zero-order valence-electron chi connectivity index (χ0n) is 9.97. The summed E-state index contributed by atoms with van der Waals surface area (Å²) in [5, 5.41) is 9.20. The molecule has 0 aliphatic rings. The van der Waals surface area contributed by atoms with Crippen LogP contribution in [0.1, 0.15) is 20.3 Å². The Balaban J connectivity index is 2.65. The quantitative estimate of drug-likeness (QED) is 0.821. The summed E-state index contributed by atoms with van der Waals surface area (Å²) in [5.74, 6) is -1.18. The Kier molecular flexibility index (Phi) is 4.99. The molecule has 0 saturated carbocycles. The number of carbonyl (C=O) groups is 1. The van der Waals surface area contributed by atoms with E-state index in [2.05, 4.69) is 15.9 Å². The smallest absolute Gasteiger partial charge is 0.309 e. The van der Waals surface area contributed by atoms with Crippen LogP contribution in [0.2, 0.25) is 5.02 Å². The fourth-order valence-corrected chi connectivity index (χ4v) is 1.83. The van der Waals surface area contributed by atoms with Crippen LogP contribution in [0.3, 0.4) is 0 Å². The molecule has 0 saturated heterocycles. The first kappa shape index (κ1) is 15.2. The van der Waals surface area contributed by atoms with Gasteiger partial charge in [0.2, 0.25) is 0 Å². The molecule has 0 bridgehead atoms. The van der Waals surface area contributed by atoms with Crippen LogP contribution in [0.15, 0.2) is 16.6 Å². The number of hydrogen-bond acceptors (Lipinski definition) is 2. The molecule has 0 radical (unpaired) electrons. The number of aliphatic carboxylic acids is 1. The van der Waals surface area contributed by atoms with Gasteiger partial charge in [0.15, 0.2) is 0 Å². The van der Waals surface area contributed by atoms with Crippen molar-refractivity contribution in [3.05, 3.63) is 27.4 Å². The molecule has 0 atom stereocenters. The standard InChI is InChI=1S/C12H13BrClFO3/c1-12(2,11(16)17)3-4-18-10-6-9(15)7(13)5-8(10)14/h5-6H,3-4H2,1-2H3,(H,16,17). The molecule has 0 fully saturated rings. The maximum absolute atomic E-state index is 13.3. The van der Waals surface area contributed by atoms with E-state index in [-0.39, 0.29) is 21.9 Å². The monoisotopic (exact) mass is 338 g/mol. The fraction of sp³-hybridized carbons (Fsp3) is 0.417. The molecule has 0 spiro atoms. The first-order valence-corrected chi connectivity index (χ1v) is 6.42. The van der Waals surface area contributed by atoms with Gasteiger partial charge in [-0.3, -0.25) is 4.79 Å². The number of rotatable bonds is 5. The maximum Gasteiger partial charge on any atom is 0.309 e. The minimum atomic E-state index is -0.904. The Labute approximate surface area is 118 Å². The van der Waals surface area contributed by atoms with Gasteiger partial charge in [0.05, 0.1) is 21.5 Å². The van der Waals surface area contributed by atoms with Crippen molar-refractivity contribution in [3.8, 4) is 5.75 Å². The lowest BCUT2D eigenvalue weighted by atomic mass is 9.90. The third-order valence-corrected chi connectivity index (χ3v) is 3.44. The Morgan fingerprint density at radius 3 is 2.72 bits per heavy atom. The number of carboxylic acid groups (broad SMARTS) is 1. The molecule has 6 heteroatoms. The van der Waals surface area contributed by atoms with Gasteiger partial charge in [-0.05, 0) is 42.3 Å². The molecule has 1 aromatic rings. The molecule has 0 unspecified atom stereocenters. The van der Waals surface area contributed by atoms with E-state index in [1.54, 1.807) is 13.8 Å². The van der Waals surface area contributed by atoms with E-state index in [0.29, 0.717) is 6.42 Å². The predicted octanol–water partition coefficient (Wildman–Crippen LogP) is 4.12. The van der Waals surface area contributed by atoms with Crippen molar-refractivity contribution in [2.45, 2.75) is 20.3 Å². The number of hydrogen-bond donors (Lipinski definition) is 1. The van der Waals surface area contributed by atoms with Gasteiger partial charge in [-0.25, -0.2) is 4.39 Å². The lowest BCUT2D eigenvalue weighted by Crippen LogP contribution is -2.25. The zero-order valence-corrected chi connectivity index (χ0v) is 12.3. The van der Waals surface area contributed by atoms with Crippen molar-refractivity contribution >= 4 is 33.5 Å². The Morgan fingerprint density at radius 2 is 2.17 bits per heavy atom. The van der Waals surface area contributed by atoms with E-state index in [4.69, 9.17) is 21.4 Å². The summed E-state index contributed by atoms with van der Waals surface area (Å²) in [6.45, 7) is 3.35. The van der Waals surface area contributed by atoms with Gasteiger partial charge in [-0.1, -0.05) is 11.6 Å². The molecule has 100 valence electrons. The van der Waals surface area contributed by atoms with Gasteiger partial charge in [-0.2, -0.15) is 0 Å². The van der Waals surface area contributed by atoms with Crippen LogP contribution < -0.4 is 4.74 Å². The minimum Gasteiger partial charge on any atom is -0.492 e. The first-order chi connectivity index (χ1) is 8.24. The highest BCUT2D eigenvalue weighted by Crippen LogP contribution is 2.31. The molecule has 0 heterocycles. The second-order valence-electron chi connectivity index (χ2n) is 4.48. The van der Waals surface area contributed by atoms with Crippen molar-refractivity contribution in [1.29, 1.82) is 0 Å². The van der Waals surface area contributed by atoms with Crippen LogP contribution in [0.4, 0.5) is 4.39 Å². The third-order valence-electron chi connectivity index (χ3n) is 2.54. The molecule has 3 nitrogen and oxygen atoms in total. The van der Waals surface area contributed by atoms with Crippen LogP contribution in [0.25, 0.3) is 0 Å². The fourth-order valence-electron chi connectivity index (χ4n) is 1.14. The summed E-state index contributed by atoms with van der Waals surface area (Å²) in [5.41, 5.74) is -0.889. The van der Waals surface area contributed by atoms with Gasteiger partial charge < -0.3 is 9.84 Å². The molecule has 0 aliphatic heterocycles. The Hall–Kier alpha value is -0.810. The predicted molar refractivity (Wildman–Crippen MR) is 70.6 cm³/mol. The Morgan fingerprint density at radius 1 is 1.56 bits per heavy atom. The van der Waals surface area contributed by atoms with E-state index in [9.17, 15) is 9.18 Å². The van der Waals surface area contributed by atoms with Crippen molar-refractivity contribution in [3.63, 3.8) is 0 Å². The van der Waals surface area contributed by atoms with Crippen LogP contribution in [0, 0.1) is 11.2 Å². The second-order valence-corrected chi connectivity index (χ2v) is 5.75. The van der Waals surface area contributed by atoms with E-state index in [1.165, 1.54) is 12.1 Å². The summed E-state index contributed by atoms with van der Waals surface area (Å²) in [6.07, 6.45) is 0.302. The number of benzene rings is 1. The molecule has 1 N–H and O–H groups in total. The molecule has 0 aromatic heterocycles. The van der Waals surface area contributed by atoms with Crippen molar-refractivity contribution in [1.82, 2.24) is 0 Å². The summed E-state index contributed by atoms with van der Waals surface area (Å²) >= 11 is 8.88. The third kappa shape index (κ3) is 3.85. The topological polar surface area (TPSA) is 46.5 Å². The van der Waals surface area contributed by atoms with Gasteiger partial charge in [0, 0.05) is 6.07 Å². The molecule has 0 aliphatic carbocycles. The van der Waals surface area contributed by atoms with E-state index < -0.39 is 17.2 Å². The van der Waals surface area contributed by atoms with E-state index in [1.807, 2.05) is 0 Å². The van der Waals surface area contributed by atoms with Gasteiger partial charge in [-0.15, -0.1) is 0 Å². The van der Waals surface area contributed by atoms with Gasteiger partial charge >= 0.3 is 5.97 Å².